The highest BCUT2D eigenvalue weighted by Gasteiger charge is 2.34. The topological polar surface area (TPSA) is 57.5 Å². The highest BCUT2D eigenvalue weighted by Crippen LogP contribution is 2.45. The van der Waals surface area contributed by atoms with E-state index in [0.29, 0.717) is 12.8 Å². The van der Waals surface area contributed by atoms with Crippen LogP contribution in [-0.2, 0) is 4.79 Å². The summed E-state index contributed by atoms with van der Waals surface area (Å²) in [4.78, 5) is 10.5. The molecule has 0 aromatic heterocycles. The van der Waals surface area contributed by atoms with Gasteiger partial charge in [0.15, 0.2) is 6.10 Å². The van der Waals surface area contributed by atoms with Crippen molar-refractivity contribution in [1.29, 1.82) is 0 Å². The third-order valence-electron chi connectivity index (χ3n) is 5.75. The third kappa shape index (κ3) is 12.5. The number of aliphatic carboxylic acids is 1. The lowest BCUT2D eigenvalue weighted by Gasteiger charge is -2.02. The van der Waals surface area contributed by atoms with Gasteiger partial charge >= 0.3 is 5.97 Å². The predicted molar refractivity (Wildman–Crippen MR) is 109 cm³/mol. The number of allylic oxidation sites excluding steroid dienone is 2. The Morgan fingerprint density at radius 1 is 0.885 bits per heavy atom. The standard InChI is InChI=1S/C23H42O3/c1-2-3-4-5-6-7-10-13-16-20-19-21(20)17-14-11-8-9-12-15-18-22(24)23(25)26/h9,12,20-22,24H,2-8,10-11,13-19H2,1H3,(H,25,26)/b12-9-/t20-,21+,22+/m0/s1. The molecule has 3 nitrogen and oxygen atoms in total. The third-order valence-corrected chi connectivity index (χ3v) is 5.75. The minimum atomic E-state index is -1.22. The van der Waals surface area contributed by atoms with Crippen molar-refractivity contribution in [3.63, 3.8) is 0 Å². The summed E-state index contributed by atoms with van der Waals surface area (Å²) in [6.45, 7) is 2.28. The summed E-state index contributed by atoms with van der Waals surface area (Å²) in [7, 11) is 0. The fourth-order valence-electron chi connectivity index (χ4n) is 3.84. The van der Waals surface area contributed by atoms with Crippen LogP contribution in [0.4, 0.5) is 0 Å². The van der Waals surface area contributed by atoms with Crippen molar-refractivity contribution in [1.82, 2.24) is 0 Å². The van der Waals surface area contributed by atoms with Crippen molar-refractivity contribution in [2.75, 3.05) is 0 Å². The number of unbranched alkanes of at least 4 members (excludes halogenated alkanes) is 9. The van der Waals surface area contributed by atoms with Crippen LogP contribution in [0.2, 0.25) is 0 Å². The number of hydrogen-bond acceptors (Lipinski definition) is 2. The first-order valence-electron chi connectivity index (χ1n) is 11.2. The van der Waals surface area contributed by atoms with Gasteiger partial charge in [-0.25, -0.2) is 4.79 Å². The van der Waals surface area contributed by atoms with E-state index in [4.69, 9.17) is 10.2 Å². The van der Waals surface area contributed by atoms with E-state index in [1.807, 2.05) is 6.08 Å². The normalized spacial score (nSPS) is 20.5. The van der Waals surface area contributed by atoms with Gasteiger partial charge in [0.2, 0.25) is 0 Å². The van der Waals surface area contributed by atoms with E-state index in [1.165, 1.54) is 83.5 Å². The second-order valence-electron chi connectivity index (χ2n) is 8.21. The molecule has 1 aliphatic rings. The van der Waals surface area contributed by atoms with Crippen molar-refractivity contribution in [3.05, 3.63) is 12.2 Å². The minimum absolute atomic E-state index is 0.314. The Labute approximate surface area is 161 Å². The van der Waals surface area contributed by atoms with Crippen molar-refractivity contribution in [2.24, 2.45) is 11.8 Å². The zero-order valence-corrected chi connectivity index (χ0v) is 17.0. The number of carbonyl (C=O) groups is 1. The van der Waals surface area contributed by atoms with E-state index in [1.54, 1.807) is 0 Å². The van der Waals surface area contributed by atoms with Gasteiger partial charge in [-0.2, -0.15) is 0 Å². The molecule has 0 aromatic rings. The van der Waals surface area contributed by atoms with Gasteiger partial charge in [-0.1, -0.05) is 89.7 Å². The van der Waals surface area contributed by atoms with Crippen molar-refractivity contribution in [2.45, 2.75) is 116 Å². The molecular formula is C23H42O3. The van der Waals surface area contributed by atoms with E-state index in [-0.39, 0.29) is 0 Å². The molecule has 0 unspecified atom stereocenters. The first-order valence-corrected chi connectivity index (χ1v) is 11.2. The van der Waals surface area contributed by atoms with Crippen LogP contribution in [0.5, 0.6) is 0 Å². The highest BCUT2D eigenvalue weighted by molar-refractivity contribution is 5.71. The van der Waals surface area contributed by atoms with E-state index >= 15 is 0 Å². The van der Waals surface area contributed by atoms with Gasteiger partial charge < -0.3 is 10.2 Å². The van der Waals surface area contributed by atoms with Crippen LogP contribution in [0.3, 0.4) is 0 Å². The van der Waals surface area contributed by atoms with Gasteiger partial charge in [-0.05, 0) is 43.9 Å². The molecule has 0 bridgehead atoms. The number of carboxylic acid groups (broad SMARTS) is 1. The monoisotopic (exact) mass is 366 g/mol. The summed E-state index contributed by atoms with van der Waals surface area (Å²) < 4.78 is 0. The second-order valence-corrected chi connectivity index (χ2v) is 8.21. The molecule has 0 saturated heterocycles. The molecular weight excluding hydrogens is 324 g/mol. The van der Waals surface area contributed by atoms with Gasteiger partial charge in [0.25, 0.3) is 0 Å². The van der Waals surface area contributed by atoms with Crippen molar-refractivity contribution >= 4 is 5.97 Å². The van der Waals surface area contributed by atoms with Gasteiger partial charge in [0, 0.05) is 0 Å². The van der Waals surface area contributed by atoms with Gasteiger partial charge in [-0.15, -0.1) is 0 Å². The second kappa shape index (κ2) is 15.2. The van der Waals surface area contributed by atoms with Crippen LogP contribution in [0.1, 0.15) is 110 Å². The number of carboxylic acids is 1. The summed E-state index contributed by atoms with van der Waals surface area (Å²) in [6.07, 6.45) is 23.3. The Balaban J connectivity index is 1.81. The van der Waals surface area contributed by atoms with Gasteiger partial charge in [0.05, 0.1) is 0 Å². The zero-order chi connectivity index (χ0) is 19.0. The van der Waals surface area contributed by atoms with Crippen LogP contribution in [0, 0.1) is 11.8 Å². The van der Waals surface area contributed by atoms with E-state index in [0.717, 1.165) is 18.3 Å². The smallest absolute Gasteiger partial charge is 0.332 e. The van der Waals surface area contributed by atoms with Crippen LogP contribution in [-0.4, -0.2) is 22.3 Å². The molecule has 0 heterocycles. The lowest BCUT2D eigenvalue weighted by Crippen LogP contribution is -2.18. The summed E-state index contributed by atoms with van der Waals surface area (Å²) in [5.41, 5.74) is 0. The van der Waals surface area contributed by atoms with Crippen LogP contribution in [0.25, 0.3) is 0 Å². The molecule has 152 valence electrons. The lowest BCUT2D eigenvalue weighted by atomic mass is 10.0. The fourth-order valence-corrected chi connectivity index (χ4v) is 3.84. The van der Waals surface area contributed by atoms with Crippen molar-refractivity contribution < 1.29 is 15.0 Å². The lowest BCUT2D eigenvalue weighted by molar-refractivity contribution is -0.146. The average Bonchev–Trinajstić information content (AvgIpc) is 3.37. The number of rotatable bonds is 18. The van der Waals surface area contributed by atoms with Crippen LogP contribution >= 0.6 is 0 Å². The van der Waals surface area contributed by atoms with E-state index in [9.17, 15) is 4.79 Å². The SMILES string of the molecule is CCCCCCCCCC[C@H]1C[C@H]1CCCC/C=C\CC[C@@H](O)C(=O)O. The Bertz CT molecular complexity index is 378. The number of hydrogen-bond donors (Lipinski definition) is 2. The molecule has 3 heteroatoms. The minimum Gasteiger partial charge on any atom is -0.479 e. The Kier molecular flexibility index (Phi) is 13.6. The Morgan fingerprint density at radius 3 is 2.04 bits per heavy atom. The fraction of sp³-hybridized carbons (Fsp3) is 0.870. The summed E-state index contributed by atoms with van der Waals surface area (Å²) in [5.74, 6) is 0.918. The van der Waals surface area contributed by atoms with Gasteiger partial charge in [-0.3, -0.25) is 0 Å². The Hall–Kier alpha value is -0.830. The molecule has 26 heavy (non-hydrogen) atoms. The maximum atomic E-state index is 10.5. The molecule has 0 aliphatic heterocycles. The Morgan fingerprint density at radius 2 is 1.42 bits per heavy atom. The molecule has 1 fully saturated rings. The van der Waals surface area contributed by atoms with E-state index < -0.39 is 12.1 Å². The highest BCUT2D eigenvalue weighted by atomic mass is 16.4. The molecule has 0 amide bonds. The summed E-state index contributed by atoms with van der Waals surface area (Å²) >= 11 is 0. The largest absolute Gasteiger partial charge is 0.479 e. The van der Waals surface area contributed by atoms with Gasteiger partial charge in [0.1, 0.15) is 0 Å². The zero-order valence-electron chi connectivity index (χ0n) is 17.0. The van der Waals surface area contributed by atoms with E-state index in [2.05, 4.69) is 13.0 Å². The molecule has 1 rings (SSSR count). The first-order chi connectivity index (χ1) is 12.6. The molecule has 0 radical (unpaired) electrons. The summed E-state index contributed by atoms with van der Waals surface area (Å²) in [6, 6.07) is 0. The maximum Gasteiger partial charge on any atom is 0.332 e. The first kappa shape index (κ1) is 23.2. The molecule has 0 spiro atoms. The quantitative estimate of drug-likeness (QED) is 0.215. The maximum absolute atomic E-state index is 10.5. The number of aliphatic hydroxyl groups is 1. The molecule has 1 aliphatic carbocycles. The molecule has 1 saturated carbocycles. The molecule has 0 aromatic carbocycles. The predicted octanol–water partition coefficient (Wildman–Crippen LogP) is 6.50. The number of aliphatic hydroxyl groups excluding tert-OH is 1. The molecule has 2 N–H and O–H groups in total. The van der Waals surface area contributed by atoms with Crippen LogP contribution < -0.4 is 0 Å². The molecule has 3 atom stereocenters. The van der Waals surface area contributed by atoms with Crippen LogP contribution in [0.15, 0.2) is 12.2 Å². The summed E-state index contributed by atoms with van der Waals surface area (Å²) in [5, 5.41) is 17.7. The van der Waals surface area contributed by atoms with Crippen molar-refractivity contribution in [3.8, 4) is 0 Å². The average molecular weight is 367 g/mol.